The maximum absolute atomic E-state index is 14.1. The molecule has 2 aliphatic rings. The topological polar surface area (TPSA) is 102 Å². The van der Waals surface area contributed by atoms with E-state index in [1.807, 2.05) is 6.92 Å². The first-order valence-corrected chi connectivity index (χ1v) is 10.7. The molecular weight excluding hydrogens is 456 g/mol. The molecule has 1 atom stereocenters. The number of amides is 1. The molecule has 168 valence electrons. The van der Waals surface area contributed by atoms with E-state index in [0.29, 0.717) is 23.3 Å². The van der Waals surface area contributed by atoms with Crippen LogP contribution in [0.4, 0.5) is 14.5 Å². The van der Waals surface area contributed by atoms with Gasteiger partial charge in [0.2, 0.25) is 22.8 Å². The summed E-state index contributed by atoms with van der Waals surface area (Å²) in [6.45, 7) is 2.44. The van der Waals surface area contributed by atoms with E-state index in [4.69, 9.17) is 20.8 Å². The van der Waals surface area contributed by atoms with Crippen molar-refractivity contribution in [1.29, 1.82) is 0 Å². The molecule has 8 nitrogen and oxygen atoms in total. The molecular formula is C22H16ClF2N5O3. The average Bonchev–Trinajstić information content (AvgIpc) is 3.25. The number of anilines is 1. The lowest BCUT2D eigenvalue weighted by atomic mass is 10.1. The minimum atomic E-state index is -3.07. The van der Waals surface area contributed by atoms with Gasteiger partial charge in [0, 0.05) is 36.0 Å². The lowest BCUT2D eigenvalue weighted by Gasteiger charge is -2.12. The maximum atomic E-state index is 14.1. The van der Waals surface area contributed by atoms with E-state index in [9.17, 15) is 13.6 Å². The normalized spacial score (nSPS) is 19.0. The van der Waals surface area contributed by atoms with E-state index in [1.165, 1.54) is 0 Å². The number of pyridine rings is 1. The second-order valence-electron chi connectivity index (χ2n) is 8.15. The molecule has 1 amide bonds. The van der Waals surface area contributed by atoms with E-state index in [1.54, 1.807) is 24.3 Å². The average molecular weight is 472 g/mol. The van der Waals surface area contributed by atoms with Crippen LogP contribution in [-0.4, -0.2) is 33.4 Å². The number of ether oxygens (including phenoxy) is 1. The number of hydrogen-bond acceptors (Lipinski definition) is 7. The molecule has 33 heavy (non-hydrogen) atoms. The first-order chi connectivity index (χ1) is 15.8. The van der Waals surface area contributed by atoms with Crippen LogP contribution >= 0.6 is 11.6 Å². The number of nitrogens with zero attached hydrogens (tertiary/aromatic N) is 3. The van der Waals surface area contributed by atoms with Crippen molar-refractivity contribution in [2.75, 3.05) is 11.9 Å². The Bertz CT molecular complexity index is 1470. The number of alkyl halides is 2. The molecule has 1 aliphatic heterocycles. The fraction of sp³-hybridized carbons (Fsp3) is 0.273. The van der Waals surface area contributed by atoms with Crippen LogP contribution in [0.5, 0.6) is 11.8 Å². The molecule has 11 heteroatoms. The van der Waals surface area contributed by atoms with Crippen LogP contribution in [-0.2, 0) is 12.3 Å². The van der Waals surface area contributed by atoms with Crippen LogP contribution < -0.4 is 15.4 Å². The summed E-state index contributed by atoms with van der Waals surface area (Å²) in [4.78, 5) is 24.7. The van der Waals surface area contributed by atoms with Crippen LogP contribution in [0.1, 0.15) is 35.2 Å². The molecule has 0 saturated heterocycles. The van der Waals surface area contributed by atoms with Crippen LogP contribution in [0.2, 0.25) is 5.28 Å². The van der Waals surface area contributed by atoms with Gasteiger partial charge < -0.3 is 19.8 Å². The second-order valence-corrected chi connectivity index (χ2v) is 8.49. The monoisotopic (exact) mass is 471 g/mol. The van der Waals surface area contributed by atoms with E-state index in [2.05, 4.69) is 25.6 Å². The van der Waals surface area contributed by atoms with Gasteiger partial charge in [-0.15, -0.1) is 0 Å². The van der Waals surface area contributed by atoms with Gasteiger partial charge in [0.25, 0.3) is 11.8 Å². The van der Waals surface area contributed by atoms with Crippen LogP contribution in [0, 0.1) is 0 Å². The molecule has 0 radical (unpaired) electrons. The smallest absolute Gasteiger partial charge is 0.290 e. The Labute approximate surface area is 190 Å². The Morgan fingerprint density at radius 1 is 1.21 bits per heavy atom. The lowest BCUT2D eigenvalue weighted by Crippen LogP contribution is -2.34. The maximum Gasteiger partial charge on any atom is 0.290 e. The summed E-state index contributed by atoms with van der Waals surface area (Å²) in [5.74, 6) is -3.00. The number of nitrogens with one attached hydrogen (secondary N) is 2. The fourth-order valence-electron chi connectivity index (χ4n) is 4.31. The van der Waals surface area contributed by atoms with E-state index >= 15 is 0 Å². The summed E-state index contributed by atoms with van der Waals surface area (Å²) < 4.78 is 39.8. The number of aromatic nitrogens is 3. The summed E-state index contributed by atoms with van der Waals surface area (Å²) in [6.07, 6.45) is -0.294. The number of hydrogen-bond donors (Lipinski definition) is 2. The molecule has 0 unspecified atom stereocenters. The van der Waals surface area contributed by atoms with Gasteiger partial charge in [-0.25, -0.2) is 9.97 Å². The zero-order valence-corrected chi connectivity index (χ0v) is 18.0. The van der Waals surface area contributed by atoms with Crippen LogP contribution in [0.25, 0.3) is 21.9 Å². The number of halogens is 3. The van der Waals surface area contributed by atoms with Crippen LogP contribution in [0.15, 0.2) is 28.7 Å². The fourth-order valence-corrected chi connectivity index (χ4v) is 4.47. The van der Waals surface area contributed by atoms with Gasteiger partial charge in [0.1, 0.15) is 11.3 Å². The van der Waals surface area contributed by atoms with Crippen molar-refractivity contribution in [2.24, 2.45) is 0 Å². The van der Waals surface area contributed by atoms with Crippen molar-refractivity contribution in [3.05, 3.63) is 46.6 Å². The predicted molar refractivity (Wildman–Crippen MR) is 116 cm³/mol. The van der Waals surface area contributed by atoms with E-state index in [-0.39, 0.29) is 53.2 Å². The number of fused-ring (bicyclic) bond motifs is 6. The first-order valence-electron chi connectivity index (χ1n) is 10.3. The quantitative estimate of drug-likeness (QED) is 0.405. The Morgan fingerprint density at radius 2 is 2.06 bits per heavy atom. The molecule has 2 N–H and O–H groups in total. The van der Waals surface area contributed by atoms with Gasteiger partial charge in [-0.1, -0.05) is 0 Å². The molecule has 0 bridgehead atoms. The molecule has 6 rings (SSSR count). The van der Waals surface area contributed by atoms with Gasteiger partial charge in [0.15, 0.2) is 0 Å². The third-order valence-electron chi connectivity index (χ3n) is 5.84. The van der Waals surface area contributed by atoms with E-state index in [0.717, 1.165) is 10.8 Å². The summed E-state index contributed by atoms with van der Waals surface area (Å²) in [7, 11) is 0. The molecule has 3 aromatic heterocycles. The van der Waals surface area contributed by atoms with Gasteiger partial charge in [-0.05, 0) is 43.1 Å². The van der Waals surface area contributed by atoms with Gasteiger partial charge in [-0.2, -0.15) is 13.8 Å². The highest BCUT2D eigenvalue weighted by Crippen LogP contribution is 2.44. The minimum absolute atomic E-state index is 0.0281. The van der Waals surface area contributed by atoms with Crippen molar-refractivity contribution < 1.29 is 22.7 Å². The highest BCUT2D eigenvalue weighted by Gasteiger charge is 2.43. The summed E-state index contributed by atoms with van der Waals surface area (Å²) >= 11 is 5.87. The largest absolute Gasteiger partial charge is 0.449 e. The third-order valence-corrected chi connectivity index (χ3v) is 6.01. The van der Waals surface area contributed by atoms with E-state index < -0.39 is 11.6 Å². The summed E-state index contributed by atoms with van der Waals surface area (Å²) in [6, 6.07) is 6.79. The van der Waals surface area contributed by atoms with Crippen molar-refractivity contribution in [1.82, 2.24) is 20.3 Å². The van der Waals surface area contributed by atoms with Gasteiger partial charge >= 0.3 is 0 Å². The zero-order valence-electron chi connectivity index (χ0n) is 17.2. The van der Waals surface area contributed by atoms with Gasteiger partial charge in [-0.3, -0.25) is 4.79 Å². The Kier molecular flexibility index (Phi) is 4.25. The van der Waals surface area contributed by atoms with Crippen molar-refractivity contribution in [3.8, 4) is 11.8 Å². The molecule has 0 spiro atoms. The third kappa shape index (κ3) is 3.16. The molecule has 0 saturated carbocycles. The summed E-state index contributed by atoms with van der Waals surface area (Å²) in [5.41, 5.74) is 1.55. The number of furan rings is 1. The van der Waals surface area contributed by atoms with Crippen LogP contribution in [0.3, 0.4) is 0 Å². The zero-order chi connectivity index (χ0) is 22.9. The molecule has 0 fully saturated rings. The number of benzene rings is 1. The number of carbonyl (C=O) groups excluding carboxylic acids is 1. The number of rotatable bonds is 2. The molecule has 4 heterocycles. The minimum Gasteiger partial charge on any atom is -0.449 e. The Balaban J connectivity index is 1.44. The Morgan fingerprint density at radius 3 is 2.91 bits per heavy atom. The van der Waals surface area contributed by atoms with Crippen molar-refractivity contribution in [3.63, 3.8) is 0 Å². The predicted octanol–water partition coefficient (Wildman–Crippen LogP) is 4.80. The lowest BCUT2D eigenvalue weighted by molar-refractivity contribution is -0.00603. The molecule has 1 aromatic carbocycles. The Hall–Kier alpha value is -3.53. The number of carbonyl (C=O) groups is 1. The highest BCUT2D eigenvalue weighted by molar-refractivity contribution is 6.28. The molecule has 4 aromatic rings. The SMILES string of the molecule is C[C@@H]1CNc2c(oc3ccc4nc(Oc5nc(Cl)nc6c5CCC6(F)F)ccc4c23)C(=O)N1. The molecule has 1 aliphatic carbocycles. The first kappa shape index (κ1) is 20.1. The summed E-state index contributed by atoms with van der Waals surface area (Å²) in [5, 5.41) is 7.31. The van der Waals surface area contributed by atoms with Crippen molar-refractivity contribution >= 4 is 45.1 Å². The highest BCUT2D eigenvalue weighted by atomic mass is 35.5. The van der Waals surface area contributed by atoms with Crippen molar-refractivity contribution in [2.45, 2.75) is 31.7 Å². The second kappa shape index (κ2) is 6.98. The van der Waals surface area contributed by atoms with Gasteiger partial charge in [0.05, 0.1) is 16.6 Å². The standard InChI is InChI=1S/C22H16ClF2N5O3/c1-9-8-26-16-15-10-2-5-14(28-12(10)3-4-13(15)32-17(16)19(31)27-9)33-20-11-6-7-22(24,25)18(11)29-21(23)30-20/h2-5,9,26H,6-8H2,1H3,(H,27,31)/t9-/m1/s1.